The Morgan fingerprint density at radius 1 is 1.03 bits per heavy atom. The smallest absolute Gasteiger partial charge is 0.338 e. The number of aromatic nitrogens is 1. The number of fused-ring (bicyclic) bond motifs is 9. The molecule has 2 aromatic carbocycles. The van der Waals surface area contributed by atoms with Crippen molar-refractivity contribution in [3.63, 3.8) is 0 Å². The van der Waals surface area contributed by atoms with Crippen LogP contribution in [0.4, 0.5) is 5.69 Å². The van der Waals surface area contributed by atoms with Crippen LogP contribution in [0.2, 0.25) is 5.02 Å². The molecule has 3 aromatic rings. The van der Waals surface area contributed by atoms with Crippen molar-refractivity contribution in [2.24, 2.45) is 29.6 Å². The quantitative estimate of drug-likeness (QED) is 0.355. The van der Waals surface area contributed by atoms with E-state index in [2.05, 4.69) is 4.98 Å². The summed E-state index contributed by atoms with van der Waals surface area (Å²) in [5.74, 6) is -1.34. The van der Waals surface area contributed by atoms with Crippen LogP contribution in [0, 0.1) is 29.6 Å². The number of benzene rings is 2. The van der Waals surface area contributed by atoms with Crippen molar-refractivity contribution in [2.75, 3.05) is 11.5 Å². The summed E-state index contributed by atoms with van der Waals surface area (Å²) >= 11 is 9.09. The number of esters is 1. The summed E-state index contributed by atoms with van der Waals surface area (Å²) < 4.78 is 5.05. The molecule has 3 fully saturated rings. The van der Waals surface area contributed by atoms with Gasteiger partial charge in [0, 0.05) is 21.1 Å². The van der Waals surface area contributed by atoms with E-state index in [-0.39, 0.29) is 64.1 Å². The molecule has 2 amide bonds. The molecule has 1 saturated heterocycles. The lowest BCUT2D eigenvalue weighted by atomic mass is 9.68. The van der Waals surface area contributed by atoms with Crippen LogP contribution >= 0.6 is 34.7 Å². The number of carbonyl (C=O) groups excluding carboxylic acids is 3. The highest BCUT2D eigenvalue weighted by molar-refractivity contribution is 8.00. The van der Waals surface area contributed by atoms with E-state index in [0.29, 0.717) is 16.3 Å². The topological polar surface area (TPSA) is 96.5 Å². The Kier molecular flexibility index (Phi) is 5.62. The molecular formula is C28H23ClN2O5S2. The predicted octanol–water partition coefficient (Wildman–Crippen LogP) is 4.94. The van der Waals surface area contributed by atoms with E-state index in [1.165, 1.54) is 16.2 Å². The van der Waals surface area contributed by atoms with Crippen molar-refractivity contribution >= 4 is 58.2 Å². The van der Waals surface area contributed by atoms with Crippen LogP contribution in [-0.2, 0) is 14.3 Å². The molecule has 2 saturated carbocycles. The molecule has 0 spiro atoms. The SMILES string of the molecule is CCOC(=O)c1ccc(N2C(=O)[C@@H]3[C@H]4C[C@@H]([C@@H]3C2=O)[C@@H]2[C@H](c3ccc(Cl)cc3)c3sc(=O)[nH]c3S[C@@H]42)cc1. The van der Waals surface area contributed by atoms with Gasteiger partial charge in [0.15, 0.2) is 0 Å². The van der Waals surface area contributed by atoms with E-state index in [0.717, 1.165) is 21.9 Å². The summed E-state index contributed by atoms with van der Waals surface area (Å²) in [5.41, 5.74) is 1.94. The van der Waals surface area contributed by atoms with Crippen molar-refractivity contribution < 1.29 is 19.1 Å². The number of H-pyrrole nitrogens is 1. The molecule has 38 heavy (non-hydrogen) atoms. The molecule has 2 aliphatic carbocycles. The number of imide groups is 1. The van der Waals surface area contributed by atoms with Crippen LogP contribution < -0.4 is 9.77 Å². The van der Waals surface area contributed by atoms with Gasteiger partial charge in [0.2, 0.25) is 11.8 Å². The number of hydrogen-bond donors (Lipinski definition) is 1. The molecule has 7 nitrogen and oxygen atoms in total. The second-order valence-corrected chi connectivity index (χ2v) is 12.9. The maximum Gasteiger partial charge on any atom is 0.338 e. The van der Waals surface area contributed by atoms with Crippen LogP contribution in [0.15, 0.2) is 58.4 Å². The number of thiazole rings is 1. The number of thioether (sulfide) groups is 1. The second kappa shape index (κ2) is 8.83. The Balaban J connectivity index is 1.25. The molecule has 2 aliphatic heterocycles. The van der Waals surface area contributed by atoms with Gasteiger partial charge < -0.3 is 9.72 Å². The third kappa shape index (κ3) is 3.41. The van der Waals surface area contributed by atoms with E-state index in [1.807, 2.05) is 24.3 Å². The first-order valence-corrected chi connectivity index (χ1v) is 14.7. The molecule has 7 atom stereocenters. The van der Waals surface area contributed by atoms with E-state index in [9.17, 15) is 19.2 Å². The van der Waals surface area contributed by atoms with Gasteiger partial charge >= 0.3 is 10.8 Å². The number of ether oxygens (including phenoxy) is 1. The average Bonchev–Trinajstić information content (AvgIpc) is 3.64. The first-order chi connectivity index (χ1) is 18.4. The van der Waals surface area contributed by atoms with Gasteiger partial charge in [0.25, 0.3) is 0 Å². The predicted molar refractivity (Wildman–Crippen MR) is 145 cm³/mol. The van der Waals surface area contributed by atoms with Gasteiger partial charge in [-0.1, -0.05) is 35.1 Å². The number of aromatic amines is 1. The standard InChI is InChI=1S/C28H23ClN2O5S2/c1-2-36-27(34)13-5-9-15(10-6-13)31-25(32)20-16-11-17(21(20)26(31)33)22-19(16)18(12-3-7-14(29)8-4-12)23-24(37-22)30-28(35)38-23/h3-10,16-22H,2,11H2,1H3,(H,30,35)/t16-,17-,18+,19-,20+,21-,22+/m1/s1. The highest BCUT2D eigenvalue weighted by Gasteiger charge is 2.69. The van der Waals surface area contributed by atoms with Crippen molar-refractivity contribution in [1.82, 2.24) is 4.98 Å². The number of nitrogens with one attached hydrogen (secondary N) is 1. The fraction of sp³-hybridized carbons (Fsp3) is 0.357. The zero-order valence-corrected chi connectivity index (χ0v) is 22.6. The molecule has 10 heteroatoms. The second-order valence-electron chi connectivity index (χ2n) is 10.3. The minimum absolute atomic E-state index is 0.0331. The fourth-order valence-corrected chi connectivity index (χ4v) is 10.3. The van der Waals surface area contributed by atoms with E-state index in [1.54, 1.807) is 43.0 Å². The minimum atomic E-state index is -0.437. The van der Waals surface area contributed by atoms with Crippen molar-refractivity contribution in [3.05, 3.63) is 79.2 Å². The van der Waals surface area contributed by atoms with Gasteiger partial charge in [-0.15, -0.1) is 11.8 Å². The Labute approximate surface area is 231 Å². The lowest BCUT2D eigenvalue weighted by molar-refractivity contribution is -0.123. The zero-order chi connectivity index (χ0) is 26.3. The zero-order valence-electron chi connectivity index (χ0n) is 20.3. The highest BCUT2D eigenvalue weighted by Crippen LogP contribution is 2.68. The average molecular weight is 567 g/mol. The summed E-state index contributed by atoms with van der Waals surface area (Å²) in [4.78, 5) is 57.3. The third-order valence-electron chi connectivity index (χ3n) is 8.59. The molecule has 194 valence electrons. The molecule has 4 aliphatic rings. The molecule has 0 radical (unpaired) electrons. The summed E-state index contributed by atoms with van der Waals surface area (Å²) in [6.07, 6.45) is 0.827. The number of rotatable bonds is 4. The van der Waals surface area contributed by atoms with Crippen molar-refractivity contribution in [3.8, 4) is 0 Å². The van der Waals surface area contributed by atoms with Crippen molar-refractivity contribution in [2.45, 2.75) is 29.5 Å². The molecule has 1 N–H and O–H groups in total. The molecular weight excluding hydrogens is 544 g/mol. The van der Waals surface area contributed by atoms with Gasteiger partial charge in [-0.3, -0.25) is 19.3 Å². The molecule has 3 heterocycles. The van der Waals surface area contributed by atoms with E-state index in [4.69, 9.17) is 16.3 Å². The largest absolute Gasteiger partial charge is 0.462 e. The Hall–Kier alpha value is -2.88. The maximum atomic E-state index is 13.9. The lowest BCUT2D eigenvalue weighted by Gasteiger charge is -2.43. The molecule has 7 rings (SSSR count). The van der Waals surface area contributed by atoms with Crippen LogP contribution in [0.3, 0.4) is 0 Å². The fourth-order valence-electron chi connectivity index (χ4n) is 7.28. The van der Waals surface area contributed by atoms with Gasteiger partial charge in [-0.05, 0) is 73.1 Å². The summed E-state index contributed by atoms with van der Waals surface area (Å²) in [6.45, 7) is 2.01. The lowest BCUT2D eigenvalue weighted by Crippen LogP contribution is -2.42. The van der Waals surface area contributed by atoms with E-state index < -0.39 is 5.97 Å². The summed E-state index contributed by atoms with van der Waals surface area (Å²) in [6, 6.07) is 14.2. The van der Waals surface area contributed by atoms with Gasteiger partial charge in [0.05, 0.1) is 34.7 Å². The number of halogens is 1. The van der Waals surface area contributed by atoms with Gasteiger partial charge in [0.1, 0.15) is 0 Å². The number of carbonyl (C=O) groups is 3. The molecule has 0 unspecified atom stereocenters. The highest BCUT2D eigenvalue weighted by atomic mass is 35.5. The summed E-state index contributed by atoms with van der Waals surface area (Å²) in [7, 11) is 0. The number of anilines is 1. The van der Waals surface area contributed by atoms with Gasteiger partial charge in [-0.2, -0.15) is 0 Å². The van der Waals surface area contributed by atoms with Crippen LogP contribution in [0.1, 0.15) is 40.1 Å². The number of amides is 2. The van der Waals surface area contributed by atoms with E-state index >= 15 is 0 Å². The van der Waals surface area contributed by atoms with Crippen molar-refractivity contribution in [1.29, 1.82) is 0 Å². The van der Waals surface area contributed by atoms with Crippen LogP contribution in [-0.4, -0.2) is 34.6 Å². The molecule has 1 aromatic heterocycles. The Morgan fingerprint density at radius 3 is 2.39 bits per heavy atom. The first kappa shape index (κ1) is 24.2. The Morgan fingerprint density at radius 2 is 1.71 bits per heavy atom. The monoisotopic (exact) mass is 566 g/mol. The summed E-state index contributed by atoms with van der Waals surface area (Å²) in [5, 5.41) is 1.66. The van der Waals surface area contributed by atoms with Crippen LogP contribution in [0.5, 0.6) is 0 Å². The number of nitrogens with zero attached hydrogens (tertiary/aromatic N) is 1. The van der Waals surface area contributed by atoms with Gasteiger partial charge in [-0.25, -0.2) is 4.79 Å². The maximum absolute atomic E-state index is 13.9. The third-order valence-corrected chi connectivity index (χ3v) is 11.4. The minimum Gasteiger partial charge on any atom is -0.462 e. The molecule has 2 bridgehead atoms. The van der Waals surface area contributed by atoms with Crippen LogP contribution in [0.25, 0.3) is 0 Å². The normalized spacial score (nSPS) is 30.8. The number of hydrogen-bond acceptors (Lipinski definition) is 7. The first-order valence-electron chi connectivity index (χ1n) is 12.7. The Bertz CT molecular complexity index is 1530.